The van der Waals surface area contributed by atoms with Crippen LogP contribution >= 0.6 is 12.4 Å². The van der Waals surface area contributed by atoms with Crippen LogP contribution in [-0.4, -0.2) is 13.1 Å². The van der Waals surface area contributed by atoms with Gasteiger partial charge in [-0.1, -0.05) is 18.2 Å². The van der Waals surface area contributed by atoms with Gasteiger partial charge in [0.25, 0.3) is 0 Å². The first-order chi connectivity index (χ1) is 6.70. The van der Waals surface area contributed by atoms with Crippen LogP contribution in [0.15, 0.2) is 24.3 Å². The second-order valence-corrected chi connectivity index (χ2v) is 2.70. The minimum atomic E-state index is -0.893. The molecule has 0 heterocycles. The van der Waals surface area contributed by atoms with Crippen molar-refractivity contribution in [3.8, 4) is 6.07 Å². The average Bonchev–Trinajstić information content (AvgIpc) is 2.26. The molecule has 0 aromatic heterocycles. The van der Waals surface area contributed by atoms with Gasteiger partial charge in [0.05, 0.1) is 18.7 Å². The van der Waals surface area contributed by atoms with Crippen molar-refractivity contribution in [3.05, 3.63) is 35.4 Å². The van der Waals surface area contributed by atoms with Gasteiger partial charge in [0.1, 0.15) is 6.04 Å². The Bertz CT molecular complexity index is 387. The molecule has 0 aliphatic carbocycles. The van der Waals surface area contributed by atoms with Crippen molar-refractivity contribution < 1.29 is 9.53 Å². The third-order valence-corrected chi connectivity index (χ3v) is 1.87. The summed E-state index contributed by atoms with van der Waals surface area (Å²) < 4.78 is 4.49. The number of benzene rings is 1. The molecule has 0 radical (unpaired) electrons. The van der Waals surface area contributed by atoms with Gasteiger partial charge < -0.3 is 10.5 Å². The van der Waals surface area contributed by atoms with E-state index < -0.39 is 12.0 Å². The molecule has 0 unspecified atom stereocenters. The van der Waals surface area contributed by atoms with Crippen molar-refractivity contribution in [3.63, 3.8) is 0 Å². The van der Waals surface area contributed by atoms with Crippen molar-refractivity contribution in [2.45, 2.75) is 6.04 Å². The largest absolute Gasteiger partial charge is 0.468 e. The molecule has 0 fully saturated rings. The number of methoxy groups -OCH3 is 1. The van der Waals surface area contributed by atoms with Crippen LogP contribution in [0.5, 0.6) is 0 Å². The second kappa shape index (κ2) is 6.02. The smallest absolute Gasteiger partial charge is 0.327 e. The number of hydrogen-bond donors (Lipinski definition) is 1. The molecule has 0 spiro atoms. The second-order valence-electron chi connectivity index (χ2n) is 2.70. The molecule has 0 aliphatic heterocycles. The Kier molecular flexibility index (Phi) is 5.39. The molecule has 80 valence electrons. The Morgan fingerprint density at radius 1 is 1.53 bits per heavy atom. The van der Waals surface area contributed by atoms with Gasteiger partial charge in [-0.05, 0) is 11.6 Å². The van der Waals surface area contributed by atoms with E-state index in [-0.39, 0.29) is 12.4 Å². The predicted molar refractivity (Wildman–Crippen MR) is 57.3 cm³/mol. The minimum Gasteiger partial charge on any atom is -0.468 e. The molecule has 0 saturated heterocycles. The number of carbonyl (C=O) groups excluding carboxylic acids is 1. The maximum absolute atomic E-state index is 11.1. The number of nitrogens with two attached hydrogens (primary N) is 1. The number of esters is 1. The number of nitrogens with zero attached hydrogens (tertiary/aromatic N) is 1. The summed E-state index contributed by atoms with van der Waals surface area (Å²) in [7, 11) is 1.26. The highest BCUT2D eigenvalue weighted by Gasteiger charge is 2.18. The van der Waals surface area contributed by atoms with Crippen molar-refractivity contribution in [1.82, 2.24) is 0 Å². The van der Waals surface area contributed by atoms with Crippen molar-refractivity contribution in [2.75, 3.05) is 7.11 Å². The monoisotopic (exact) mass is 226 g/mol. The number of hydrogen-bond acceptors (Lipinski definition) is 4. The van der Waals surface area contributed by atoms with Gasteiger partial charge in [-0.25, -0.2) is 0 Å². The number of carbonyl (C=O) groups is 1. The third kappa shape index (κ3) is 2.94. The zero-order chi connectivity index (χ0) is 10.6. The van der Waals surface area contributed by atoms with Crippen LogP contribution in [-0.2, 0) is 9.53 Å². The first-order valence-corrected chi connectivity index (χ1v) is 4.03. The Morgan fingerprint density at radius 3 is 2.67 bits per heavy atom. The van der Waals surface area contributed by atoms with Crippen LogP contribution in [0.4, 0.5) is 0 Å². The lowest BCUT2D eigenvalue weighted by molar-refractivity contribution is -0.142. The van der Waals surface area contributed by atoms with Gasteiger partial charge >= 0.3 is 5.97 Å². The van der Waals surface area contributed by atoms with E-state index in [1.807, 2.05) is 6.07 Å². The van der Waals surface area contributed by atoms with E-state index in [9.17, 15) is 4.79 Å². The predicted octanol–water partition coefficient (Wildman–Crippen LogP) is 1.15. The van der Waals surface area contributed by atoms with Crippen LogP contribution in [0.25, 0.3) is 0 Å². The number of nitriles is 1. The van der Waals surface area contributed by atoms with Crippen LogP contribution in [0, 0.1) is 11.3 Å². The fourth-order valence-corrected chi connectivity index (χ4v) is 1.12. The van der Waals surface area contributed by atoms with Gasteiger partial charge in [0, 0.05) is 0 Å². The van der Waals surface area contributed by atoms with Crippen molar-refractivity contribution in [2.24, 2.45) is 5.73 Å². The summed E-state index contributed by atoms with van der Waals surface area (Å²) in [5, 5.41) is 8.76. The normalized spacial score (nSPS) is 10.7. The highest BCUT2D eigenvalue weighted by atomic mass is 35.5. The summed E-state index contributed by atoms with van der Waals surface area (Å²) in [5.74, 6) is -0.548. The SMILES string of the molecule is COC(=O)[C@H](N)c1ccccc1C#N.Cl. The van der Waals surface area contributed by atoms with Crippen molar-refractivity contribution in [1.29, 1.82) is 5.26 Å². The van der Waals surface area contributed by atoms with E-state index in [0.29, 0.717) is 11.1 Å². The molecule has 4 nitrogen and oxygen atoms in total. The van der Waals surface area contributed by atoms with Crippen LogP contribution in [0.1, 0.15) is 17.2 Å². The Labute approximate surface area is 94.1 Å². The first-order valence-electron chi connectivity index (χ1n) is 4.03. The van der Waals surface area contributed by atoms with Crippen molar-refractivity contribution >= 4 is 18.4 Å². The molecule has 1 atom stereocenters. The molecule has 0 saturated carbocycles. The Morgan fingerprint density at radius 2 is 2.13 bits per heavy atom. The van der Waals surface area contributed by atoms with Gasteiger partial charge in [-0.15, -0.1) is 12.4 Å². The highest BCUT2D eigenvalue weighted by Crippen LogP contribution is 2.15. The van der Waals surface area contributed by atoms with E-state index in [4.69, 9.17) is 11.0 Å². The first kappa shape index (κ1) is 13.4. The summed E-state index contributed by atoms with van der Waals surface area (Å²) in [6.07, 6.45) is 0. The quantitative estimate of drug-likeness (QED) is 0.768. The van der Waals surface area contributed by atoms with E-state index in [2.05, 4.69) is 4.74 Å². The molecular formula is C10H11ClN2O2. The Hall–Kier alpha value is -1.57. The van der Waals surface area contributed by atoms with Crippen LogP contribution < -0.4 is 5.73 Å². The molecule has 1 rings (SSSR count). The highest BCUT2D eigenvalue weighted by molar-refractivity contribution is 5.85. The molecule has 2 N–H and O–H groups in total. The molecule has 0 amide bonds. The summed E-state index contributed by atoms with van der Waals surface area (Å²) in [4.78, 5) is 11.1. The molecule has 15 heavy (non-hydrogen) atoms. The fraction of sp³-hybridized carbons (Fsp3) is 0.200. The molecule has 1 aromatic carbocycles. The minimum absolute atomic E-state index is 0. The third-order valence-electron chi connectivity index (χ3n) is 1.87. The lowest BCUT2D eigenvalue weighted by Gasteiger charge is -2.10. The van der Waals surface area contributed by atoms with Gasteiger partial charge in [0.2, 0.25) is 0 Å². The van der Waals surface area contributed by atoms with E-state index in [1.165, 1.54) is 7.11 Å². The number of rotatable bonds is 2. The average molecular weight is 227 g/mol. The number of halogens is 1. The molecule has 0 bridgehead atoms. The van der Waals surface area contributed by atoms with E-state index in [0.717, 1.165) is 0 Å². The van der Waals surface area contributed by atoms with Gasteiger partial charge in [0.15, 0.2) is 0 Å². The standard InChI is InChI=1S/C10H10N2O2.ClH/c1-14-10(13)9(12)8-5-3-2-4-7(8)6-11;/h2-5,9H,12H2,1H3;1H/t9-;/m1./s1. The van der Waals surface area contributed by atoms with Crippen LogP contribution in [0.3, 0.4) is 0 Å². The van der Waals surface area contributed by atoms with Gasteiger partial charge in [-0.2, -0.15) is 5.26 Å². The maximum atomic E-state index is 11.1. The van der Waals surface area contributed by atoms with E-state index in [1.54, 1.807) is 24.3 Å². The maximum Gasteiger partial charge on any atom is 0.327 e. The van der Waals surface area contributed by atoms with E-state index >= 15 is 0 Å². The van der Waals surface area contributed by atoms with Gasteiger partial charge in [-0.3, -0.25) is 4.79 Å². The Balaban J connectivity index is 0.00000196. The zero-order valence-electron chi connectivity index (χ0n) is 8.14. The summed E-state index contributed by atoms with van der Waals surface area (Å²) in [6, 6.07) is 7.76. The zero-order valence-corrected chi connectivity index (χ0v) is 8.95. The lowest BCUT2D eigenvalue weighted by Crippen LogP contribution is -2.23. The molecular weight excluding hydrogens is 216 g/mol. The topological polar surface area (TPSA) is 76.1 Å². The van der Waals surface area contributed by atoms with Crippen LogP contribution in [0.2, 0.25) is 0 Å². The summed E-state index contributed by atoms with van der Waals surface area (Å²) >= 11 is 0. The number of ether oxygens (including phenoxy) is 1. The fourth-order valence-electron chi connectivity index (χ4n) is 1.12. The summed E-state index contributed by atoms with van der Waals surface area (Å²) in [5.41, 5.74) is 6.48. The summed E-state index contributed by atoms with van der Waals surface area (Å²) in [6.45, 7) is 0. The molecule has 1 aromatic rings. The lowest BCUT2D eigenvalue weighted by atomic mass is 10.0. The molecule has 5 heteroatoms. The molecule has 0 aliphatic rings.